The van der Waals surface area contributed by atoms with Crippen LogP contribution in [0.25, 0.3) is 6.08 Å². The molecule has 156 valence electrons. The Morgan fingerprint density at radius 1 is 0.967 bits per heavy atom. The number of rotatable bonds is 6. The van der Waals surface area contributed by atoms with Crippen LogP contribution in [0.5, 0.6) is 17.2 Å². The first-order valence-corrected chi connectivity index (χ1v) is 8.81. The van der Waals surface area contributed by atoms with E-state index in [2.05, 4.69) is 5.32 Å². The van der Waals surface area contributed by atoms with Crippen LogP contribution in [-0.4, -0.2) is 44.1 Å². The van der Waals surface area contributed by atoms with E-state index in [9.17, 15) is 18.8 Å². The van der Waals surface area contributed by atoms with E-state index in [0.717, 1.165) is 4.90 Å². The van der Waals surface area contributed by atoms with E-state index in [1.54, 1.807) is 12.1 Å². The fourth-order valence-electron chi connectivity index (χ4n) is 2.93. The van der Waals surface area contributed by atoms with E-state index in [0.29, 0.717) is 28.4 Å². The number of carbonyl (C=O) groups is 3. The Morgan fingerprint density at radius 2 is 1.57 bits per heavy atom. The summed E-state index contributed by atoms with van der Waals surface area (Å²) in [6.07, 6.45) is 1.29. The number of nitrogens with one attached hydrogen (secondary N) is 1. The number of amides is 4. The smallest absolute Gasteiger partial charge is 0.331 e. The molecule has 1 fully saturated rings. The van der Waals surface area contributed by atoms with Crippen molar-refractivity contribution in [3.05, 3.63) is 58.9 Å². The molecule has 1 N–H and O–H groups in total. The molecule has 1 aliphatic heterocycles. The Morgan fingerprint density at radius 3 is 2.10 bits per heavy atom. The van der Waals surface area contributed by atoms with Crippen molar-refractivity contribution >= 4 is 23.9 Å². The van der Waals surface area contributed by atoms with Gasteiger partial charge < -0.3 is 14.2 Å². The van der Waals surface area contributed by atoms with Gasteiger partial charge in [-0.3, -0.25) is 19.8 Å². The van der Waals surface area contributed by atoms with Crippen LogP contribution in [0.4, 0.5) is 9.18 Å². The van der Waals surface area contributed by atoms with Crippen LogP contribution in [0.3, 0.4) is 0 Å². The molecular formula is C21H19FN2O6. The molecule has 0 aliphatic carbocycles. The lowest BCUT2D eigenvalue weighted by molar-refractivity contribution is -0.130. The van der Waals surface area contributed by atoms with Gasteiger partial charge in [-0.25, -0.2) is 9.18 Å². The number of imide groups is 2. The molecule has 0 spiro atoms. The summed E-state index contributed by atoms with van der Waals surface area (Å²) in [5.74, 6) is -1.02. The maximum absolute atomic E-state index is 13.1. The molecule has 0 atom stereocenters. The average molecular weight is 414 g/mol. The Bertz CT molecular complexity index is 1010. The summed E-state index contributed by atoms with van der Waals surface area (Å²) in [4.78, 5) is 38.4. The molecule has 0 aromatic heterocycles. The van der Waals surface area contributed by atoms with E-state index in [1.165, 1.54) is 51.7 Å². The predicted molar refractivity (Wildman–Crippen MR) is 105 cm³/mol. The largest absolute Gasteiger partial charge is 0.496 e. The minimum absolute atomic E-state index is 0.132. The van der Waals surface area contributed by atoms with Crippen molar-refractivity contribution < 1.29 is 33.0 Å². The molecule has 0 saturated carbocycles. The second-order valence-electron chi connectivity index (χ2n) is 6.28. The lowest BCUT2D eigenvalue weighted by atomic mass is 10.0. The van der Waals surface area contributed by atoms with E-state index in [-0.39, 0.29) is 12.1 Å². The molecule has 1 aliphatic rings. The third kappa shape index (κ3) is 4.09. The molecule has 2 aromatic rings. The van der Waals surface area contributed by atoms with Gasteiger partial charge in [-0.2, -0.15) is 0 Å². The molecule has 1 saturated heterocycles. The highest BCUT2D eigenvalue weighted by Crippen LogP contribution is 2.36. The van der Waals surface area contributed by atoms with Crippen molar-refractivity contribution in [2.75, 3.05) is 21.3 Å². The van der Waals surface area contributed by atoms with Gasteiger partial charge >= 0.3 is 6.03 Å². The predicted octanol–water partition coefficient (Wildman–Crippen LogP) is 2.51. The summed E-state index contributed by atoms with van der Waals surface area (Å²) in [6, 6.07) is 7.62. The molecule has 2 aromatic carbocycles. The maximum atomic E-state index is 13.1. The first-order chi connectivity index (χ1) is 14.4. The van der Waals surface area contributed by atoms with E-state index < -0.39 is 23.7 Å². The van der Waals surface area contributed by atoms with Gasteiger partial charge in [-0.1, -0.05) is 12.1 Å². The number of hydrogen-bond acceptors (Lipinski definition) is 6. The van der Waals surface area contributed by atoms with Gasteiger partial charge in [0.2, 0.25) is 0 Å². The van der Waals surface area contributed by atoms with E-state index in [4.69, 9.17) is 14.2 Å². The maximum Gasteiger partial charge on any atom is 0.331 e. The highest BCUT2D eigenvalue weighted by molar-refractivity contribution is 6.31. The van der Waals surface area contributed by atoms with Gasteiger partial charge in [0, 0.05) is 12.1 Å². The number of carbonyl (C=O) groups excluding carboxylic acids is 3. The highest BCUT2D eigenvalue weighted by Gasteiger charge is 2.36. The lowest BCUT2D eigenvalue weighted by Crippen LogP contribution is -2.53. The van der Waals surface area contributed by atoms with Crippen LogP contribution < -0.4 is 19.5 Å². The van der Waals surface area contributed by atoms with Crippen molar-refractivity contribution in [1.29, 1.82) is 0 Å². The van der Waals surface area contributed by atoms with E-state index >= 15 is 0 Å². The zero-order valence-corrected chi connectivity index (χ0v) is 16.5. The van der Waals surface area contributed by atoms with Gasteiger partial charge in [0.1, 0.15) is 28.6 Å². The zero-order valence-electron chi connectivity index (χ0n) is 16.5. The zero-order chi connectivity index (χ0) is 21.8. The minimum Gasteiger partial charge on any atom is -0.496 e. The molecule has 4 amide bonds. The van der Waals surface area contributed by atoms with Crippen LogP contribution in [-0.2, 0) is 16.1 Å². The molecule has 9 heteroatoms. The van der Waals surface area contributed by atoms with Crippen molar-refractivity contribution in [1.82, 2.24) is 10.2 Å². The third-order valence-electron chi connectivity index (χ3n) is 4.48. The normalized spacial score (nSPS) is 15.3. The van der Waals surface area contributed by atoms with Crippen LogP contribution in [0.1, 0.15) is 11.1 Å². The number of ether oxygens (including phenoxy) is 3. The van der Waals surface area contributed by atoms with Crippen molar-refractivity contribution in [2.24, 2.45) is 0 Å². The fraction of sp³-hybridized carbons (Fsp3) is 0.190. The third-order valence-corrected chi connectivity index (χ3v) is 4.48. The first-order valence-electron chi connectivity index (χ1n) is 8.81. The van der Waals surface area contributed by atoms with Crippen molar-refractivity contribution in [3.63, 3.8) is 0 Å². The molecule has 0 radical (unpaired) electrons. The molecule has 30 heavy (non-hydrogen) atoms. The number of hydrogen-bond donors (Lipinski definition) is 1. The average Bonchev–Trinajstić information content (AvgIpc) is 2.74. The SMILES string of the molecule is COc1cc(OC)c(C=C2C(=O)NC(=O)N(Cc3ccc(F)cc3)C2=O)c(OC)c1. The number of benzene rings is 2. The number of barbiturate groups is 1. The highest BCUT2D eigenvalue weighted by atomic mass is 19.1. The summed E-state index contributed by atoms with van der Waals surface area (Å²) >= 11 is 0. The van der Waals surface area contributed by atoms with Crippen molar-refractivity contribution in [3.8, 4) is 17.2 Å². The Balaban J connectivity index is 2.01. The van der Waals surface area contributed by atoms with Gasteiger partial charge in [0.05, 0.1) is 33.4 Å². The Labute approximate surface area is 171 Å². The Hall–Kier alpha value is -3.88. The fourth-order valence-corrected chi connectivity index (χ4v) is 2.93. The van der Waals surface area contributed by atoms with Crippen LogP contribution in [0.2, 0.25) is 0 Å². The summed E-state index contributed by atoms with van der Waals surface area (Å²) in [5.41, 5.74) is 0.571. The standard InChI is InChI=1S/C21H19FN2O6/c1-28-14-8-17(29-2)15(18(9-14)30-3)10-16-19(25)23-21(27)24(20(16)26)11-12-4-6-13(22)7-5-12/h4-10H,11H2,1-3H3,(H,23,25,27). The second kappa shape index (κ2) is 8.64. The number of nitrogens with zero attached hydrogens (tertiary/aromatic N) is 1. The molecule has 0 bridgehead atoms. The topological polar surface area (TPSA) is 94.2 Å². The van der Waals surface area contributed by atoms with Gasteiger partial charge in [-0.15, -0.1) is 0 Å². The molecule has 8 nitrogen and oxygen atoms in total. The minimum atomic E-state index is -0.861. The van der Waals surface area contributed by atoms with Gasteiger partial charge in [0.15, 0.2) is 0 Å². The molecule has 1 heterocycles. The monoisotopic (exact) mass is 414 g/mol. The number of methoxy groups -OCH3 is 3. The second-order valence-corrected chi connectivity index (χ2v) is 6.28. The first kappa shape index (κ1) is 20.8. The lowest BCUT2D eigenvalue weighted by Gasteiger charge is -2.26. The molecular weight excluding hydrogens is 395 g/mol. The number of halogens is 1. The molecule has 3 rings (SSSR count). The van der Waals surface area contributed by atoms with Crippen LogP contribution in [0, 0.1) is 5.82 Å². The van der Waals surface area contributed by atoms with Crippen LogP contribution >= 0.6 is 0 Å². The summed E-state index contributed by atoms with van der Waals surface area (Å²) in [7, 11) is 4.32. The van der Waals surface area contributed by atoms with E-state index in [1.807, 2.05) is 0 Å². The Kier molecular flexibility index (Phi) is 6.01. The van der Waals surface area contributed by atoms with Gasteiger partial charge in [-0.05, 0) is 23.8 Å². The van der Waals surface area contributed by atoms with Gasteiger partial charge in [0.25, 0.3) is 11.8 Å². The van der Waals surface area contributed by atoms with Crippen LogP contribution in [0.15, 0.2) is 42.0 Å². The quantitative estimate of drug-likeness (QED) is 0.577. The molecule has 0 unspecified atom stereocenters. The summed E-state index contributed by atoms with van der Waals surface area (Å²) in [5, 5.41) is 2.14. The summed E-state index contributed by atoms with van der Waals surface area (Å²) in [6.45, 7) is -0.132. The number of urea groups is 1. The van der Waals surface area contributed by atoms with Crippen molar-refractivity contribution in [2.45, 2.75) is 6.54 Å². The summed E-state index contributed by atoms with van der Waals surface area (Å²) < 4.78 is 29.0.